The average molecular weight is 1810 g/mol. The first-order valence-electron chi connectivity index (χ1n) is 40.4. The number of aromatic hydroxyl groups is 1. The molecule has 3 aromatic heterocycles. The van der Waals surface area contributed by atoms with Gasteiger partial charge in [-0.2, -0.15) is 13.2 Å². The number of nitrogens with one attached hydrogen (secondary N) is 5. The second-order valence-corrected chi connectivity index (χ2v) is 30.6. The molecule has 0 saturated carbocycles. The molecule has 0 aliphatic carbocycles. The van der Waals surface area contributed by atoms with Crippen LogP contribution in [0, 0.1) is 17.5 Å². The smallest absolute Gasteiger partial charge is 0.870 e. The molecule has 3 heterocycles. The van der Waals surface area contributed by atoms with Crippen LogP contribution in [-0.4, -0.2) is 107 Å². The van der Waals surface area contributed by atoms with Crippen LogP contribution in [0.3, 0.4) is 0 Å². The van der Waals surface area contributed by atoms with E-state index in [1.54, 1.807) is 208 Å². The number of alkyl carbamates (subject to hydrolysis) is 2. The fourth-order valence-electron chi connectivity index (χ4n) is 12.7. The number of benzene rings is 9. The van der Waals surface area contributed by atoms with E-state index in [1.165, 1.54) is 39.4 Å². The number of alkyl halides is 3. The van der Waals surface area contributed by atoms with Crippen molar-refractivity contribution < 1.29 is 150 Å². The third-order valence-electron chi connectivity index (χ3n) is 18.0. The summed E-state index contributed by atoms with van der Waals surface area (Å²) in [5, 5.41) is 34.6. The standard InChI is InChI=1S/C33H35FN2O7.C28H27FN2O5.C21H22FNO4.C12H15NO4.C2HF3O.Li.H2O/c1-6-40-29(38)16-22-10-11-25(36-20(2)37)17-28(22)42-19-21-14-23-12-13-41-31(23)27(15-21)26-9-7-8-24(30(26)34)18-35-32(39)43-33(3,4)5;1-3-34-26(33)13-19-7-8-22(31-17(2)32)14-25(19)36-16-18-11-20-9-10-35-28(20)24(12-18)23-6-4-5-21(15-30)27(23)29;1-21(2,3)27-20(25)23-11-15-5-4-6-16(18(15)22)17-10-13(12-24)9-14-7-8-26-19(14)17;1-3-17-12(16)6-9-4-5-10(7-11(9)15)13-8(2)14;3-2(4,5)1-6;;/h7-15,17H,6,16,18-19H2,1-5H3,(H,35,39)(H,36,37);4-12,14H,3,13,15-16,30H2,1-2H3,(H,31,32);4-10,24H,11-12H2,1-3H3,(H,23,25);4-5,7,15H,3,6H2,1-2H3,(H,13,14);1H;;1H2/q;;;;;+1;/p-1. The number of rotatable bonds is 27. The number of halogens is 6. The van der Waals surface area contributed by atoms with E-state index < -0.39 is 65.2 Å². The Morgan fingerprint density at radius 1 is 0.435 bits per heavy atom. The number of aldehydes is 1. The molecule has 28 nitrogen and oxygen atoms in total. The summed E-state index contributed by atoms with van der Waals surface area (Å²) in [5.74, 6) is -2.44. The molecule has 0 bridgehead atoms. The summed E-state index contributed by atoms with van der Waals surface area (Å²) in [6, 6.07) is 45.9. The number of anilines is 3. The van der Waals surface area contributed by atoms with Crippen LogP contribution in [0.5, 0.6) is 17.2 Å². The third kappa shape index (κ3) is 32.7. The molecule has 131 heavy (non-hydrogen) atoms. The van der Waals surface area contributed by atoms with Gasteiger partial charge < -0.3 is 94.4 Å². The van der Waals surface area contributed by atoms with Crippen LogP contribution < -0.4 is 60.7 Å². The van der Waals surface area contributed by atoms with Crippen molar-refractivity contribution in [2.45, 2.75) is 159 Å². The quantitative estimate of drug-likeness (QED) is 0.00779. The molecule has 0 aliphatic heterocycles. The average Bonchev–Trinajstić information content (AvgIpc) is 1.70. The number of phenolic OH excluding ortho intramolecular Hbond substituents is 1. The number of phenols is 1. The molecule has 0 unspecified atom stereocenters. The van der Waals surface area contributed by atoms with Gasteiger partial charge in [0, 0.05) is 159 Å². The topological polar surface area (TPSA) is 414 Å². The predicted molar refractivity (Wildman–Crippen MR) is 472 cm³/mol. The van der Waals surface area contributed by atoms with E-state index >= 15 is 13.2 Å². The molecule has 35 heteroatoms. The summed E-state index contributed by atoms with van der Waals surface area (Å²) in [5.41, 5.74) is 15.0. The minimum Gasteiger partial charge on any atom is -0.870 e. The molecule has 12 aromatic rings. The maximum Gasteiger partial charge on any atom is 1.00 e. The second kappa shape index (κ2) is 49.6. The van der Waals surface area contributed by atoms with E-state index in [1.807, 2.05) is 18.2 Å². The van der Waals surface area contributed by atoms with Gasteiger partial charge in [0.15, 0.2) is 0 Å². The van der Waals surface area contributed by atoms with Crippen LogP contribution in [0.1, 0.15) is 133 Å². The van der Waals surface area contributed by atoms with Crippen LogP contribution >= 0.6 is 0 Å². The van der Waals surface area contributed by atoms with Crippen LogP contribution in [0.15, 0.2) is 196 Å². The molecule has 0 fully saturated rings. The molecule has 0 atom stereocenters. The normalized spacial score (nSPS) is 10.8. The number of aliphatic hydroxyl groups is 1. The van der Waals surface area contributed by atoms with E-state index in [9.17, 15) is 61.7 Å². The number of esters is 3. The minimum atomic E-state index is -4.64. The number of amides is 5. The fourth-order valence-corrected chi connectivity index (χ4v) is 12.7. The Bertz CT molecular complexity index is 5980. The Labute approximate surface area is 762 Å². The van der Waals surface area contributed by atoms with Crippen molar-refractivity contribution in [3.05, 3.63) is 250 Å². The van der Waals surface area contributed by atoms with Gasteiger partial charge in [-0.1, -0.05) is 72.8 Å². The van der Waals surface area contributed by atoms with Gasteiger partial charge in [-0.25, -0.2) is 22.8 Å². The van der Waals surface area contributed by atoms with Gasteiger partial charge in [-0.15, -0.1) is 0 Å². The van der Waals surface area contributed by atoms with Crippen molar-refractivity contribution in [1.82, 2.24) is 10.6 Å². The van der Waals surface area contributed by atoms with Crippen molar-refractivity contribution >= 4 is 104 Å². The Hall–Kier alpha value is -13.9. The van der Waals surface area contributed by atoms with Gasteiger partial charge in [0.25, 0.3) is 0 Å². The largest absolute Gasteiger partial charge is 1.00 e. The van der Waals surface area contributed by atoms with E-state index in [2.05, 4.69) is 26.6 Å². The van der Waals surface area contributed by atoms with E-state index in [0.717, 1.165) is 21.7 Å². The zero-order valence-electron chi connectivity index (χ0n) is 74.3. The Kier molecular flexibility index (Phi) is 40.1. The SMILES string of the molecule is CC(C)(C)OC(=O)NCc1cccc(-c2cc(CO)cc3ccoc23)c1F.CCOC(=O)Cc1ccc(NC(C)=O)cc1O.CCOC(=O)Cc1ccc(NC(C)=O)cc1OCc1cc(-c2cccc(CN)c2F)c2occc2c1.CCOC(=O)Cc1ccc(NC(C)=O)cc1OCc1cc(-c2cccc(CNC(=O)OC(C)(C)C)c2F)c2occc2c1.O=CC(F)(F)F.[Li+].[OH-]. The number of carbonyl (C=O) groups is 9. The molecule has 0 aliphatic rings. The van der Waals surface area contributed by atoms with Crippen LogP contribution in [0.25, 0.3) is 66.3 Å². The van der Waals surface area contributed by atoms with Crippen molar-refractivity contribution in [3.8, 4) is 50.6 Å². The molecule has 0 spiro atoms. The number of ether oxygens (including phenoxy) is 7. The van der Waals surface area contributed by atoms with Crippen LogP contribution in [-0.2, 0) is 116 Å². The molecular formula is C96H101F6LiN6O22. The zero-order valence-corrected chi connectivity index (χ0v) is 74.3. The Balaban J connectivity index is 0.000000272. The number of hydrogen-bond acceptors (Lipinski definition) is 23. The maximum atomic E-state index is 15.8. The molecule has 9 aromatic carbocycles. The number of carbonyl (C=O) groups excluding carboxylic acids is 9. The van der Waals surface area contributed by atoms with Crippen molar-refractivity contribution in [2.24, 2.45) is 5.73 Å². The molecule has 0 radical (unpaired) electrons. The second-order valence-electron chi connectivity index (χ2n) is 30.6. The number of nitrogens with two attached hydrogens (primary N) is 1. The van der Waals surface area contributed by atoms with Crippen LogP contribution in [0.4, 0.5) is 53.0 Å². The summed E-state index contributed by atoms with van der Waals surface area (Å²) in [6.45, 7) is 20.8. The molecule has 5 amide bonds. The Morgan fingerprint density at radius 3 is 1.08 bits per heavy atom. The maximum absolute atomic E-state index is 15.8. The first-order chi connectivity index (χ1) is 61.2. The molecule has 12 rings (SSSR count). The summed E-state index contributed by atoms with van der Waals surface area (Å²) in [7, 11) is 0. The van der Waals surface area contributed by atoms with Gasteiger partial charge in [0.2, 0.25) is 24.0 Å². The van der Waals surface area contributed by atoms with E-state index in [-0.39, 0.29) is 131 Å². The van der Waals surface area contributed by atoms with E-state index in [4.69, 9.17) is 56.9 Å². The zero-order chi connectivity index (χ0) is 94.5. The summed E-state index contributed by atoms with van der Waals surface area (Å²) >= 11 is 0. The molecular weight excluding hydrogens is 1710 g/mol. The number of hydrogen-bond donors (Lipinski definition) is 8. The monoisotopic (exact) mass is 1810 g/mol. The Morgan fingerprint density at radius 2 is 0.756 bits per heavy atom. The van der Waals surface area contributed by atoms with Gasteiger partial charge in [-0.3, -0.25) is 33.6 Å². The first-order valence-corrected chi connectivity index (χ1v) is 40.4. The fraction of sp³-hybridized carbons (Fsp3) is 0.281. The van der Waals surface area contributed by atoms with Gasteiger partial charge in [0.05, 0.1) is 64.5 Å². The van der Waals surface area contributed by atoms with Crippen molar-refractivity contribution in [2.75, 3.05) is 35.8 Å². The number of aliphatic hydroxyl groups excluding tert-OH is 1. The summed E-state index contributed by atoms with van der Waals surface area (Å²) < 4.78 is 132. The molecule has 690 valence electrons. The minimum absolute atomic E-state index is 0. The number of furan rings is 3. The predicted octanol–water partition coefficient (Wildman–Crippen LogP) is 16.0. The first kappa shape index (κ1) is 106. The third-order valence-corrected chi connectivity index (χ3v) is 18.0. The summed E-state index contributed by atoms with van der Waals surface area (Å²) in [6.07, 6.45) is -2.32. The van der Waals surface area contributed by atoms with Gasteiger partial charge in [0.1, 0.15) is 75.9 Å². The van der Waals surface area contributed by atoms with E-state index in [0.29, 0.717) is 124 Å². The summed E-state index contributed by atoms with van der Waals surface area (Å²) in [4.78, 5) is 102. The number of fused-ring (bicyclic) bond motifs is 3. The van der Waals surface area contributed by atoms with Gasteiger partial charge >= 0.3 is 55.1 Å². The van der Waals surface area contributed by atoms with Crippen LogP contribution in [0.2, 0.25) is 0 Å². The van der Waals surface area contributed by atoms with Crippen molar-refractivity contribution in [3.63, 3.8) is 0 Å². The van der Waals surface area contributed by atoms with Gasteiger partial charge in [-0.05, 0) is 152 Å². The van der Waals surface area contributed by atoms with Crippen molar-refractivity contribution in [1.29, 1.82) is 0 Å². The molecule has 0 saturated heterocycles. The molecule has 10 N–H and O–H groups in total.